The number of amides is 1. The molecule has 116 valence electrons. The quantitative estimate of drug-likeness (QED) is 0.844. The highest BCUT2D eigenvalue weighted by atomic mass is 35.5. The first-order chi connectivity index (χ1) is 10.6. The van der Waals surface area contributed by atoms with Gasteiger partial charge in [0, 0.05) is 11.6 Å². The maximum Gasteiger partial charge on any atom is 0.261 e. The van der Waals surface area contributed by atoms with Gasteiger partial charge in [-0.3, -0.25) is 4.79 Å². The molecule has 0 saturated heterocycles. The van der Waals surface area contributed by atoms with Gasteiger partial charge in [0.05, 0.1) is 5.02 Å². The van der Waals surface area contributed by atoms with Crippen LogP contribution >= 0.6 is 23.2 Å². The van der Waals surface area contributed by atoms with Crippen LogP contribution in [-0.2, 0) is 11.3 Å². The summed E-state index contributed by atoms with van der Waals surface area (Å²) >= 11 is 11.9. The van der Waals surface area contributed by atoms with E-state index in [1.165, 1.54) is 0 Å². The van der Waals surface area contributed by atoms with Gasteiger partial charge in [0.15, 0.2) is 6.10 Å². The van der Waals surface area contributed by atoms with Crippen LogP contribution in [0.25, 0.3) is 0 Å². The van der Waals surface area contributed by atoms with Gasteiger partial charge >= 0.3 is 0 Å². The van der Waals surface area contributed by atoms with Crippen molar-refractivity contribution in [3.63, 3.8) is 0 Å². The standard InChI is InChI=1S/C17H17Cl2NO2/c1-2-15(22-16-9-8-13(18)10-14(16)19)17(21)20-11-12-6-4-3-5-7-12/h3-10,15H,2,11H2,1H3,(H,20,21). The molecule has 0 fully saturated rings. The molecule has 0 bridgehead atoms. The van der Waals surface area contributed by atoms with Gasteiger partial charge < -0.3 is 10.1 Å². The minimum absolute atomic E-state index is 0.169. The molecule has 1 amide bonds. The molecule has 3 nitrogen and oxygen atoms in total. The number of carbonyl (C=O) groups is 1. The Labute approximate surface area is 140 Å². The molecule has 0 heterocycles. The van der Waals surface area contributed by atoms with Crippen LogP contribution in [0.4, 0.5) is 0 Å². The maximum absolute atomic E-state index is 12.2. The van der Waals surface area contributed by atoms with E-state index in [1.807, 2.05) is 37.3 Å². The Balaban J connectivity index is 1.97. The molecular weight excluding hydrogens is 321 g/mol. The zero-order valence-corrected chi connectivity index (χ0v) is 13.7. The fourth-order valence-corrected chi connectivity index (χ4v) is 2.40. The summed E-state index contributed by atoms with van der Waals surface area (Å²) in [5.74, 6) is 0.283. The fourth-order valence-electron chi connectivity index (χ4n) is 1.95. The Morgan fingerprint density at radius 1 is 1.18 bits per heavy atom. The van der Waals surface area contributed by atoms with E-state index in [4.69, 9.17) is 27.9 Å². The summed E-state index contributed by atoms with van der Waals surface area (Å²) in [6, 6.07) is 14.6. The van der Waals surface area contributed by atoms with Crippen LogP contribution in [-0.4, -0.2) is 12.0 Å². The molecule has 0 aromatic heterocycles. The summed E-state index contributed by atoms with van der Waals surface area (Å²) in [5.41, 5.74) is 1.04. The third-order valence-electron chi connectivity index (χ3n) is 3.14. The van der Waals surface area contributed by atoms with E-state index in [0.29, 0.717) is 28.8 Å². The van der Waals surface area contributed by atoms with Crippen molar-refractivity contribution < 1.29 is 9.53 Å². The average Bonchev–Trinajstić information content (AvgIpc) is 2.53. The molecule has 1 atom stereocenters. The number of nitrogens with one attached hydrogen (secondary N) is 1. The molecule has 0 aliphatic heterocycles. The van der Waals surface area contributed by atoms with Gasteiger partial charge in [0.1, 0.15) is 5.75 Å². The third kappa shape index (κ3) is 4.65. The SMILES string of the molecule is CCC(Oc1ccc(Cl)cc1Cl)C(=O)NCc1ccccc1. The first kappa shape index (κ1) is 16.7. The maximum atomic E-state index is 12.2. The lowest BCUT2D eigenvalue weighted by Gasteiger charge is -2.18. The van der Waals surface area contributed by atoms with Crippen LogP contribution in [0.15, 0.2) is 48.5 Å². The molecule has 0 radical (unpaired) electrons. The van der Waals surface area contributed by atoms with E-state index in [-0.39, 0.29) is 5.91 Å². The number of halogens is 2. The monoisotopic (exact) mass is 337 g/mol. The first-order valence-corrected chi connectivity index (χ1v) is 7.79. The van der Waals surface area contributed by atoms with Gasteiger partial charge in [-0.25, -0.2) is 0 Å². The number of hydrogen-bond acceptors (Lipinski definition) is 2. The number of carbonyl (C=O) groups excluding carboxylic acids is 1. The van der Waals surface area contributed by atoms with E-state index in [9.17, 15) is 4.79 Å². The molecule has 0 aliphatic rings. The smallest absolute Gasteiger partial charge is 0.261 e. The van der Waals surface area contributed by atoms with E-state index < -0.39 is 6.10 Å². The molecule has 5 heteroatoms. The van der Waals surface area contributed by atoms with E-state index >= 15 is 0 Å². The van der Waals surface area contributed by atoms with Crippen molar-refractivity contribution in [3.05, 3.63) is 64.1 Å². The second kappa shape index (κ2) is 8.06. The van der Waals surface area contributed by atoms with Crippen LogP contribution < -0.4 is 10.1 Å². The summed E-state index contributed by atoms with van der Waals surface area (Å²) in [6.07, 6.45) is -0.0538. The highest BCUT2D eigenvalue weighted by Crippen LogP contribution is 2.28. The number of hydrogen-bond donors (Lipinski definition) is 1. The number of rotatable bonds is 6. The molecule has 2 aromatic carbocycles. The van der Waals surface area contributed by atoms with Gasteiger partial charge in [0.25, 0.3) is 5.91 Å². The summed E-state index contributed by atoms with van der Waals surface area (Å²) in [5, 5.41) is 3.79. The number of benzene rings is 2. The van der Waals surface area contributed by atoms with Crippen LogP contribution in [0, 0.1) is 0 Å². The van der Waals surface area contributed by atoms with Crippen molar-refractivity contribution >= 4 is 29.1 Å². The Morgan fingerprint density at radius 3 is 2.55 bits per heavy atom. The molecule has 0 spiro atoms. The molecule has 2 rings (SSSR count). The second-order valence-electron chi connectivity index (χ2n) is 4.79. The average molecular weight is 338 g/mol. The van der Waals surface area contributed by atoms with Gasteiger partial charge in [-0.1, -0.05) is 60.5 Å². The van der Waals surface area contributed by atoms with Gasteiger partial charge in [-0.05, 0) is 30.2 Å². The zero-order chi connectivity index (χ0) is 15.9. The van der Waals surface area contributed by atoms with Gasteiger partial charge in [-0.15, -0.1) is 0 Å². The molecule has 1 unspecified atom stereocenters. The molecule has 1 N–H and O–H groups in total. The van der Waals surface area contributed by atoms with Gasteiger partial charge in [-0.2, -0.15) is 0 Å². The van der Waals surface area contributed by atoms with Crippen molar-refractivity contribution in [2.75, 3.05) is 0 Å². The van der Waals surface area contributed by atoms with Crippen molar-refractivity contribution in [2.24, 2.45) is 0 Å². The molecule has 2 aromatic rings. The van der Waals surface area contributed by atoms with Crippen molar-refractivity contribution in [3.8, 4) is 5.75 Å². The van der Waals surface area contributed by atoms with Crippen LogP contribution in [0.1, 0.15) is 18.9 Å². The Hall–Kier alpha value is -1.71. The minimum Gasteiger partial charge on any atom is -0.479 e. The van der Waals surface area contributed by atoms with Crippen LogP contribution in [0.2, 0.25) is 10.0 Å². The topological polar surface area (TPSA) is 38.3 Å². The predicted octanol–water partition coefficient (Wildman–Crippen LogP) is 4.47. The second-order valence-corrected chi connectivity index (χ2v) is 5.64. The Kier molecular flexibility index (Phi) is 6.10. The highest BCUT2D eigenvalue weighted by molar-refractivity contribution is 6.35. The summed E-state index contributed by atoms with van der Waals surface area (Å²) in [6.45, 7) is 2.35. The Morgan fingerprint density at radius 2 is 1.91 bits per heavy atom. The third-order valence-corrected chi connectivity index (χ3v) is 3.67. The lowest BCUT2D eigenvalue weighted by Crippen LogP contribution is -2.37. The fraction of sp³-hybridized carbons (Fsp3) is 0.235. The van der Waals surface area contributed by atoms with Crippen LogP contribution in [0.3, 0.4) is 0 Å². The van der Waals surface area contributed by atoms with E-state index in [2.05, 4.69) is 5.32 Å². The van der Waals surface area contributed by atoms with E-state index in [1.54, 1.807) is 18.2 Å². The normalized spacial score (nSPS) is 11.8. The summed E-state index contributed by atoms with van der Waals surface area (Å²) in [4.78, 5) is 12.2. The van der Waals surface area contributed by atoms with Gasteiger partial charge in [0.2, 0.25) is 0 Å². The predicted molar refractivity (Wildman–Crippen MR) is 89.5 cm³/mol. The van der Waals surface area contributed by atoms with Crippen molar-refractivity contribution in [2.45, 2.75) is 26.0 Å². The number of ether oxygens (including phenoxy) is 1. The highest BCUT2D eigenvalue weighted by Gasteiger charge is 2.19. The summed E-state index contributed by atoms with van der Waals surface area (Å²) in [7, 11) is 0. The van der Waals surface area contributed by atoms with Crippen molar-refractivity contribution in [1.82, 2.24) is 5.32 Å². The Bertz CT molecular complexity index is 632. The van der Waals surface area contributed by atoms with E-state index in [0.717, 1.165) is 5.56 Å². The molecular formula is C17H17Cl2NO2. The molecule has 0 saturated carbocycles. The largest absolute Gasteiger partial charge is 0.479 e. The molecule has 22 heavy (non-hydrogen) atoms. The molecule has 0 aliphatic carbocycles. The lowest BCUT2D eigenvalue weighted by molar-refractivity contribution is -0.128. The first-order valence-electron chi connectivity index (χ1n) is 7.03. The zero-order valence-electron chi connectivity index (χ0n) is 12.2. The lowest BCUT2D eigenvalue weighted by atomic mass is 10.2. The minimum atomic E-state index is -0.595. The van der Waals surface area contributed by atoms with Crippen LogP contribution in [0.5, 0.6) is 5.75 Å². The summed E-state index contributed by atoms with van der Waals surface area (Å²) < 4.78 is 5.70. The van der Waals surface area contributed by atoms with Crippen molar-refractivity contribution in [1.29, 1.82) is 0 Å².